The molecule has 0 aliphatic carbocycles. The molecule has 30 heteroatoms. The van der Waals surface area contributed by atoms with Crippen LogP contribution in [-0.2, 0) is 55.8 Å². The molecule has 4 saturated heterocycles. The van der Waals surface area contributed by atoms with Crippen LogP contribution in [0.2, 0.25) is 0 Å². The van der Waals surface area contributed by atoms with Gasteiger partial charge in [0, 0.05) is 0 Å². The Labute approximate surface area is 388 Å². The fourth-order valence-electron chi connectivity index (χ4n) is 7.74. The molecule has 0 radical (unpaired) electrons. The number of esters is 2. The quantitative estimate of drug-likeness (QED) is 0.103. The molecule has 8 rings (SSSR count). The van der Waals surface area contributed by atoms with E-state index in [4.69, 9.17) is 58.0 Å². The molecule has 8 heterocycles. The maximum absolute atomic E-state index is 16.2. The molecule has 4 aromatic heterocycles. The van der Waals surface area contributed by atoms with Gasteiger partial charge in [-0.3, -0.25) is 36.8 Å². The van der Waals surface area contributed by atoms with Crippen LogP contribution in [-0.4, -0.2) is 137 Å². The molecule has 0 saturated carbocycles. The van der Waals surface area contributed by atoms with E-state index in [2.05, 4.69) is 40.1 Å². The molecule has 0 aromatic carbocycles. The number of nitrogens with two attached hydrogens (primary N) is 2. The molecule has 68 heavy (non-hydrogen) atoms. The number of hydrogen-bond donors (Lipinski definition) is 4. The Bertz CT molecular complexity index is 2430. The van der Waals surface area contributed by atoms with Gasteiger partial charge in [0.05, 0.1) is 51.3 Å². The zero-order valence-electron chi connectivity index (χ0n) is 38.9. The van der Waals surface area contributed by atoms with Crippen molar-refractivity contribution in [3.63, 3.8) is 0 Å². The third kappa shape index (κ3) is 10.3. The normalized spacial score (nSPS) is 32.0. The molecular formula is C38H56F2N12O14P2. The van der Waals surface area contributed by atoms with Gasteiger partial charge in [0.25, 0.3) is 0 Å². The first-order chi connectivity index (χ1) is 31.9. The lowest BCUT2D eigenvalue weighted by Crippen LogP contribution is -2.47. The Morgan fingerprint density at radius 3 is 1.43 bits per heavy atom. The van der Waals surface area contributed by atoms with Crippen molar-refractivity contribution in [3.8, 4) is 11.8 Å². The molecular weight excluding hydrogens is 948 g/mol. The van der Waals surface area contributed by atoms with Crippen LogP contribution in [0.4, 0.5) is 20.7 Å². The number of alkyl halides is 2. The lowest BCUT2D eigenvalue weighted by molar-refractivity contribution is -0.150. The van der Waals surface area contributed by atoms with Gasteiger partial charge in [-0.1, -0.05) is 0 Å². The summed E-state index contributed by atoms with van der Waals surface area (Å²) in [5.74, 6) is -1.12. The molecule has 0 bridgehead atoms. The van der Waals surface area contributed by atoms with Crippen molar-refractivity contribution in [2.24, 2.45) is 0 Å². The Morgan fingerprint density at radius 2 is 1.09 bits per heavy atom. The maximum atomic E-state index is 16.2. The number of imidazole rings is 2. The topological polar surface area (TPSA) is 324 Å². The fourth-order valence-corrected chi connectivity index (χ4v) is 11.3. The monoisotopic (exact) mass is 1000 g/mol. The third-order valence-electron chi connectivity index (χ3n) is 10.7. The summed E-state index contributed by atoms with van der Waals surface area (Å²) >= 11 is 0. The number of hydrogen-bond acceptors (Lipinski definition) is 22. The third-order valence-corrected chi connectivity index (χ3v) is 14.1. The van der Waals surface area contributed by atoms with Crippen LogP contribution in [0.5, 0.6) is 11.8 Å². The maximum Gasteiger partial charge on any atom is 0.406 e. The van der Waals surface area contributed by atoms with Gasteiger partial charge in [-0.25, -0.2) is 38.1 Å². The second kappa shape index (κ2) is 19.6. The van der Waals surface area contributed by atoms with Crippen LogP contribution in [0.1, 0.15) is 81.7 Å². The van der Waals surface area contributed by atoms with Gasteiger partial charge in [0.2, 0.25) is 23.7 Å². The average molecular weight is 1000 g/mol. The summed E-state index contributed by atoms with van der Waals surface area (Å²) in [5, 5.41) is 5.00. The number of anilines is 2. The van der Waals surface area contributed by atoms with Crippen LogP contribution in [0.3, 0.4) is 0 Å². The van der Waals surface area contributed by atoms with Crippen LogP contribution >= 0.6 is 15.5 Å². The van der Waals surface area contributed by atoms with Gasteiger partial charge in [-0.05, 0) is 69.2 Å². The largest absolute Gasteiger partial charge is 0.476 e. The smallest absolute Gasteiger partial charge is 0.406 e. The standard InChI is InChI=1S/2C19H28FN6O7P/c2*1-6-29-15-12-14(23-18(21)24-15)26(8-22-12)17-19(5,20)13-11(32-17)7-30-34(28,33-13)25-10(4)16(27)31-9(2)3/h2*8-11,13,17H,6-7H2,1-5H3,(H,25,28)(H2,21,23,24)/t2*10-,11+,13+,17+,19+,34?/m00/s1. The van der Waals surface area contributed by atoms with Gasteiger partial charge >= 0.3 is 27.4 Å². The van der Waals surface area contributed by atoms with Crippen molar-refractivity contribution in [2.75, 3.05) is 37.9 Å². The molecule has 0 spiro atoms. The van der Waals surface area contributed by atoms with E-state index in [0.29, 0.717) is 13.2 Å². The highest BCUT2D eigenvalue weighted by molar-refractivity contribution is 7.52. The molecule has 4 aliphatic heterocycles. The number of nitrogens with zero attached hydrogens (tertiary/aromatic N) is 8. The van der Waals surface area contributed by atoms with E-state index in [-0.39, 0.29) is 71.4 Å². The van der Waals surface area contributed by atoms with E-state index in [1.807, 2.05) is 0 Å². The summed E-state index contributed by atoms with van der Waals surface area (Å²) in [5.41, 5.74) is 8.20. The minimum absolute atomic E-state index is 0.0794. The highest BCUT2D eigenvalue weighted by Gasteiger charge is 2.63. The first kappa shape index (κ1) is 51.1. The molecule has 12 atom stereocenters. The lowest BCUT2D eigenvalue weighted by atomic mass is 9.98. The Balaban J connectivity index is 0.000000201. The Kier molecular flexibility index (Phi) is 14.7. The first-order valence-corrected chi connectivity index (χ1v) is 24.8. The summed E-state index contributed by atoms with van der Waals surface area (Å²) in [6, 6.07) is -2.02. The Morgan fingerprint density at radius 1 is 0.721 bits per heavy atom. The van der Waals surface area contributed by atoms with E-state index in [1.54, 1.807) is 41.5 Å². The number of halogens is 2. The number of nitrogens with one attached hydrogen (secondary N) is 2. The minimum Gasteiger partial charge on any atom is -0.476 e. The molecule has 0 amide bonds. The van der Waals surface area contributed by atoms with Gasteiger partial charge in [0.15, 0.2) is 46.1 Å². The molecule has 26 nitrogen and oxygen atoms in total. The number of fused-ring (bicyclic) bond motifs is 4. The zero-order valence-corrected chi connectivity index (χ0v) is 40.6. The molecule has 376 valence electrons. The molecule has 6 N–H and O–H groups in total. The van der Waals surface area contributed by atoms with Gasteiger partial charge < -0.3 is 39.9 Å². The molecule has 4 aliphatic rings. The Hall–Kier alpha value is -4.76. The molecule has 4 fully saturated rings. The van der Waals surface area contributed by atoms with Crippen molar-refractivity contribution in [1.29, 1.82) is 0 Å². The van der Waals surface area contributed by atoms with Crippen molar-refractivity contribution >= 4 is 61.7 Å². The number of rotatable bonds is 14. The molecule has 2 unspecified atom stereocenters. The van der Waals surface area contributed by atoms with Crippen molar-refractivity contribution in [1.82, 2.24) is 49.2 Å². The van der Waals surface area contributed by atoms with Crippen molar-refractivity contribution < 1.29 is 74.0 Å². The number of ether oxygens (including phenoxy) is 6. The first-order valence-electron chi connectivity index (χ1n) is 21.7. The highest BCUT2D eigenvalue weighted by Crippen LogP contribution is 2.58. The average Bonchev–Trinajstić information content (AvgIpc) is 3.98. The SMILES string of the molecule is CCOc1nc(N)nc2c1ncn2[C@@H]1O[C@@H]2COP(=O)(N[C@@H](C)C(=O)OC(C)C)O[C@H]2[C@@]1(C)F.CCOc1nc(N)nc2c1ncn2[C@@H]1O[C@@H]2COP(=O)(N[C@@H](C)C(=O)OC(C)C)O[C@H]2[C@@]1(C)F. The van der Waals surface area contributed by atoms with Crippen molar-refractivity contribution in [3.05, 3.63) is 12.7 Å². The van der Waals surface area contributed by atoms with Crippen LogP contribution < -0.4 is 31.1 Å². The fraction of sp³-hybridized carbons (Fsp3) is 0.684. The summed E-state index contributed by atoms with van der Waals surface area (Å²) in [7, 11) is -8.11. The van der Waals surface area contributed by atoms with Crippen LogP contribution in [0.15, 0.2) is 12.7 Å². The van der Waals surface area contributed by atoms with Crippen molar-refractivity contribution in [2.45, 2.75) is 142 Å². The van der Waals surface area contributed by atoms with E-state index >= 15 is 8.78 Å². The van der Waals surface area contributed by atoms with Crippen LogP contribution in [0.25, 0.3) is 22.3 Å². The zero-order chi connectivity index (χ0) is 49.7. The van der Waals surface area contributed by atoms with E-state index in [9.17, 15) is 18.7 Å². The predicted octanol–water partition coefficient (Wildman–Crippen LogP) is 3.77. The number of nitrogen functional groups attached to an aromatic ring is 2. The van der Waals surface area contributed by atoms with E-state index in [1.165, 1.54) is 49.5 Å². The summed E-state index contributed by atoms with van der Waals surface area (Å²) in [4.78, 5) is 49.1. The van der Waals surface area contributed by atoms with E-state index in [0.717, 1.165) is 0 Å². The number of carbonyl (C=O) groups excluding carboxylic acids is 2. The summed E-state index contributed by atoms with van der Waals surface area (Å²) < 4.78 is 116. The molecule has 4 aromatic rings. The minimum atomic E-state index is -4.05. The second-order valence-corrected chi connectivity index (χ2v) is 20.4. The van der Waals surface area contributed by atoms with Gasteiger partial charge in [-0.15, -0.1) is 0 Å². The lowest BCUT2D eigenvalue weighted by Gasteiger charge is -2.35. The second-order valence-electron chi connectivity index (χ2n) is 17.0. The number of carbonyl (C=O) groups is 2. The van der Waals surface area contributed by atoms with Gasteiger partial charge in [-0.2, -0.15) is 19.9 Å². The summed E-state index contributed by atoms with van der Waals surface area (Å²) in [6.45, 7) is 15.9. The summed E-state index contributed by atoms with van der Waals surface area (Å²) in [6.07, 6.45) is -4.88. The van der Waals surface area contributed by atoms with E-state index < -0.39 is 87.7 Å². The van der Waals surface area contributed by atoms with Crippen LogP contribution in [0, 0.1) is 0 Å². The number of aromatic nitrogens is 8. The van der Waals surface area contributed by atoms with Gasteiger partial charge in [0.1, 0.15) is 36.5 Å². The predicted molar refractivity (Wildman–Crippen MR) is 233 cm³/mol. The highest BCUT2D eigenvalue weighted by atomic mass is 31.2.